The van der Waals surface area contributed by atoms with Crippen LogP contribution in [0.4, 0.5) is 17.1 Å². The van der Waals surface area contributed by atoms with Crippen LogP contribution < -0.4 is 4.90 Å². The summed E-state index contributed by atoms with van der Waals surface area (Å²) in [6.45, 7) is 4.74. The second-order valence-electron chi connectivity index (χ2n) is 18.4. The maximum atomic E-state index is 2.48. The molecule has 2 aliphatic carbocycles. The minimum Gasteiger partial charge on any atom is -0.310 e. The Kier molecular flexibility index (Phi) is 8.72. The molecule has 0 atom stereocenters. The molecule has 10 aromatic carbocycles. The van der Waals surface area contributed by atoms with E-state index in [4.69, 9.17) is 0 Å². The molecule has 11 aromatic rings. The molecule has 1 heterocycles. The molecule has 312 valence electrons. The number of hydrogen-bond donors (Lipinski definition) is 0. The standard InChI is InChI=1S/C64H45NS/c1-63(2)57-25-12-9-20-51(57)53-38-36-48(40-59(53)63)65(47-34-32-43(33-35-47)42-28-30-44(31-29-42)50-23-15-24-56-55-22-11-14-27-61(55)66-62(50)56)49-37-39-54-52-21-10-13-26-58(52)64(60(54)41-49,45-16-5-3-6-17-45)46-18-7-4-8-19-46/h3-41H,1-2H3. The Morgan fingerprint density at radius 1 is 0.333 bits per heavy atom. The molecule has 0 radical (unpaired) electrons. The summed E-state index contributed by atoms with van der Waals surface area (Å²) >= 11 is 1.88. The van der Waals surface area contributed by atoms with Crippen LogP contribution in [0.3, 0.4) is 0 Å². The summed E-state index contributed by atoms with van der Waals surface area (Å²) in [6, 6.07) is 88.2. The highest BCUT2D eigenvalue weighted by molar-refractivity contribution is 7.26. The molecule has 13 rings (SSSR count). The number of rotatable bonds is 7. The molecule has 1 aromatic heterocycles. The van der Waals surface area contributed by atoms with Crippen molar-refractivity contribution in [3.8, 4) is 44.5 Å². The second-order valence-corrected chi connectivity index (χ2v) is 19.5. The van der Waals surface area contributed by atoms with Crippen molar-refractivity contribution in [1.29, 1.82) is 0 Å². The molecule has 1 nitrogen and oxygen atoms in total. The average molecular weight is 860 g/mol. The predicted molar refractivity (Wildman–Crippen MR) is 280 cm³/mol. The largest absolute Gasteiger partial charge is 0.310 e. The first-order chi connectivity index (χ1) is 32.5. The van der Waals surface area contributed by atoms with Crippen LogP contribution >= 0.6 is 11.3 Å². The van der Waals surface area contributed by atoms with Crippen molar-refractivity contribution in [3.63, 3.8) is 0 Å². The van der Waals surface area contributed by atoms with Gasteiger partial charge >= 0.3 is 0 Å². The molecular formula is C64H45NS. The van der Waals surface area contributed by atoms with Crippen molar-refractivity contribution >= 4 is 48.6 Å². The van der Waals surface area contributed by atoms with Crippen LogP contribution in [-0.2, 0) is 10.8 Å². The number of thiophene rings is 1. The lowest BCUT2D eigenvalue weighted by Crippen LogP contribution is -2.28. The Balaban J connectivity index is 0.953. The summed E-state index contributed by atoms with van der Waals surface area (Å²) in [7, 11) is 0. The number of benzene rings is 10. The maximum Gasteiger partial charge on any atom is 0.0714 e. The Bertz CT molecular complexity index is 3620. The molecule has 0 N–H and O–H groups in total. The molecule has 0 amide bonds. The maximum absolute atomic E-state index is 2.48. The molecule has 0 unspecified atom stereocenters. The van der Waals surface area contributed by atoms with E-state index in [0.717, 1.165) is 17.1 Å². The third-order valence-electron chi connectivity index (χ3n) is 14.6. The third-order valence-corrected chi connectivity index (χ3v) is 15.8. The first kappa shape index (κ1) is 38.7. The van der Waals surface area contributed by atoms with Gasteiger partial charge in [-0.15, -0.1) is 11.3 Å². The van der Waals surface area contributed by atoms with Crippen molar-refractivity contribution in [2.75, 3.05) is 4.90 Å². The first-order valence-corrected chi connectivity index (χ1v) is 23.8. The fraction of sp³-hybridized carbons (Fsp3) is 0.0625. The predicted octanol–water partition coefficient (Wildman–Crippen LogP) is 17.5. The van der Waals surface area contributed by atoms with Gasteiger partial charge in [0.1, 0.15) is 0 Å². The van der Waals surface area contributed by atoms with Crippen molar-refractivity contribution < 1.29 is 0 Å². The van der Waals surface area contributed by atoms with E-state index in [1.807, 2.05) is 11.3 Å². The van der Waals surface area contributed by atoms with Gasteiger partial charge in [0.05, 0.1) is 5.41 Å². The molecule has 2 heteroatoms. The summed E-state index contributed by atoms with van der Waals surface area (Å²) in [4.78, 5) is 2.47. The van der Waals surface area contributed by atoms with Gasteiger partial charge in [-0.1, -0.05) is 208 Å². The summed E-state index contributed by atoms with van der Waals surface area (Å²) in [6.07, 6.45) is 0. The second kappa shape index (κ2) is 14.9. The van der Waals surface area contributed by atoms with Crippen LogP contribution in [0.15, 0.2) is 237 Å². The molecule has 0 saturated heterocycles. The van der Waals surface area contributed by atoms with E-state index in [2.05, 4.69) is 255 Å². The minimum atomic E-state index is -0.504. The lowest BCUT2D eigenvalue weighted by molar-refractivity contribution is 0.660. The van der Waals surface area contributed by atoms with Gasteiger partial charge in [0.15, 0.2) is 0 Å². The van der Waals surface area contributed by atoms with Crippen LogP contribution in [0.1, 0.15) is 47.2 Å². The Morgan fingerprint density at radius 2 is 0.803 bits per heavy atom. The highest BCUT2D eigenvalue weighted by atomic mass is 32.1. The van der Waals surface area contributed by atoms with E-state index >= 15 is 0 Å². The quantitative estimate of drug-likeness (QED) is 0.154. The van der Waals surface area contributed by atoms with Gasteiger partial charge < -0.3 is 4.90 Å². The van der Waals surface area contributed by atoms with Crippen LogP contribution in [-0.4, -0.2) is 0 Å². The number of nitrogens with zero attached hydrogens (tertiary/aromatic N) is 1. The Hall–Kier alpha value is -7.78. The van der Waals surface area contributed by atoms with Crippen molar-refractivity contribution in [1.82, 2.24) is 0 Å². The van der Waals surface area contributed by atoms with Gasteiger partial charge in [0.25, 0.3) is 0 Å². The molecule has 2 aliphatic rings. The van der Waals surface area contributed by atoms with Gasteiger partial charge in [-0.3, -0.25) is 0 Å². The zero-order valence-corrected chi connectivity index (χ0v) is 37.7. The van der Waals surface area contributed by atoms with Crippen LogP contribution in [0, 0.1) is 0 Å². The normalized spacial score (nSPS) is 13.8. The Labute approximate surface area is 390 Å². The molecular weight excluding hydrogens is 815 g/mol. The number of hydrogen-bond acceptors (Lipinski definition) is 2. The van der Waals surface area contributed by atoms with Crippen molar-refractivity contribution in [2.45, 2.75) is 24.7 Å². The number of anilines is 3. The molecule has 0 bridgehead atoms. The van der Waals surface area contributed by atoms with Crippen molar-refractivity contribution in [3.05, 3.63) is 270 Å². The van der Waals surface area contributed by atoms with Gasteiger partial charge in [-0.2, -0.15) is 0 Å². The number of fused-ring (bicyclic) bond motifs is 9. The Morgan fingerprint density at radius 3 is 1.48 bits per heavy atom. The highest BCUT2D eigenvalue weighted by Crippen LogP contribution is 2.58. The van der Waals surface area contributed by atoms with Crippen LogP contribution in [0.25, 0.3) is 64.7 Å². The summed E-state index contributed by atoms with van der Waals surface area (Å²) < 4.78 is 2.67. The molecule has 0 spiro atoms. The van der Waals surface area contributed by atoms with Gasteiger partial charge in [-0.25, -0.2) is 0 Å². The molecule has 0 fully saturated rings. The van der Waals surface area contributed by atoms with E-state index in [0.29, 0.717) is 0 Å². The lowest BCUT2D eigenvalue weighted by Gasteiger charge is -2.35. The van der Waals surface area contributed by atoms with E-state index in [1.165, 1.54) is 98.1 Å². The third kappa shape index (κ3) is 5.71. The van der Waals surface area contributed by atoms with E-state index < -0.39 is 5.41 Å². The van der Waals surface area contributed by atoms with Crippen LogP contribution in [0.2, 0.25) is 0 Å². The fourth-order valence-corrected chi connectivity index (χ4v) is 12.7. The topological polar surface area (TPSA) is 3.24 Å². The van der Waals surface area contributed by atoms with Gasteiger partial charge in [0, 0.05) is 42.6 Å². The lowest BCUT2D eigenvalue weighted by atomic mass is 9.67. The average Bonchev–Trinajstić information content (AvgIpc) is 3.98. The summed E-state index contributed by atoms with van der Waals surface area (Å²) in [5.41, 5.74) is 20.7. The van der Waals surface area contributed by atoms with Gasteiger partial charge in [0.2, 0.25) is 0 Å². The molecule has 0 aliphatic heterocycles. The first-order valence-electron chi connectivity index (χ1n) is 23.0. The molecule has 0 saturated carbocycles. The summed E-state index contributed by atoms with van der Waals surface area (Å²) in [5.74, 6) is 0. The zero-order valence-electron chi connectivity index (χ0n) is 36.9. The van der Waals surface area contributed by atoms with Crippen LogP contribution in [0.5, 0.6) is 0 Å². The van der Waals surface area contributed by atoms with E-state index in [-0.39, 0.29) is 5.41 Å². The molecule has 66 heavy (non-hydrogen) atoms. The SMILES string of the molecule is CC1(C)c2ccccc2-c2ccc(N(c3ccc(-c4ccc(-c5cccc6c5sc5ccccc56)cc4)cc3)c3ccc4c(c3)C(c3ccccc3)(c3ccccc3)c3ccccc3-4)cc21. The zero-order chi connectivity index (χ0) is 44.0. The van der Waals surface area contributed by atoms with Crippen molar-refractivity contribution in [2.24, 2.45) is 0 Å². The van der Waals surface area contributed by atoms with Gasteiger partial charge in [-0.05, 0) is 120 Å². The minimum absolute atomic E-state index is 0.137. The summed E-state index contributed by atoms with van der Waals surface area (Å²) in [5, 5.41) is 2.66. The van der Waals surface area contributed by atoms with E-state index in [1.54, 1.807) is 0 Å². The smallest absolute Gasteiger partial charge is 0.0714 e. The highest BCUT2D eigenvalue weighted by Gasteiger charge is 2.46. The monoisotopic (exact) mass is 859 g/mol. The van der Waals surface area contributed by atoms with E-state index in [9.17, 15) is 0 Å². The fourth-order valence-electron chi connectivity index (χ4n) is 11.5.